The molecule has 0 radical (unpaired) electrons. The summed E-state index contributed by atoms with van der Waals surface area (Å²) < 4.78 is 7.84. The van der Waals surface area contributed by atoms with E-state index in [1.807, 2.05) is 0 Å². The summed E-state index contributed by atoms with van der Waals surface area (Å²) >= 11 is 0. The van der Waals surface area contributed by atoms with E-state index in [9.17, 15) is 4.79 Å². The zero-order valence-corrected chi connectivity index (χ0v) is 18.5. The maximum absolute atomic E-state index is 12.9. The van der Waals surface area contributed by atoms with Crippen molar-refractivity contribution < 1.29 is 9.53 Å². The molecule has 5 heteroatoms. The number of aryl methyl sites for hydroxylation is 1. The fraction of sp³-hybridized carbons (Fsp3) is 0.560. The molecule has 0 unspecified atom stereocenters. The zero-order valence-electron chi connectivity index (χ0n) is 18.5. The lowest BCUT2D eigenvalue weighted by Gasteiger charge is -2.26. The molecule has 1 aliphatic carbocycles. The standard InChI is InChI=1S/C25H35N3O2/c1-19-15-24(20(2)28(19)23-9-4-3-5-10-23)25(29)26-17-21-7-6-8-22(16-21)18-27-11-13-30-14-12-27/h6-8,15-16,23H,3-5,9-14,17-18H2,1-2H3,(H,26,29). The monoisotopic (exact) mass is 409 g/mol. The predicted molar refractivity (Wildman–Crippen MR) is 120 cm³/mol. The third kappa shape index (κ3) is 4.96. The maximum atomic E-state index is 12.9. The van der Waals surface area contributed by atoms with Crippen molar-refractivity contribution in [3.63, 3.8) is 0 Å². The van der Waals surface area contributed by atoms with Gasteiger partial charge in [-0.15, -0.1) is 0 Å². The number of morpholine rings is 1. The Bertz CT molecular complexity index is 861. The van der Waals surface area contributed by atoms with E-state index < -0.39 is 0 Å². The zero-order chi connectivity index (χ0) is 20.9. The van der Waals surface area contributed by atoms with Gasteiger partial charge >= 0.3 is 0 Å². The van der Waals surface area contributed by atoms with Gasteiger partial charge in [0.25, 0.3) is 5.91 Å². The number of nitrogens with one attached hydrogen (secondary N) is 1. The summed E-state index contributed by atoms with van der Waals surface area (Å²) in [7, 11) is 0. The van der Waals surface area contributed by atoms with E-state index in [2.05, 4.69) is 59.0 Å². The number of hydrogen-bond acceptors (Lipinski definition) is 3. The van der Waals surface area contributed by atoms with Gasteiger partial charge in [0.2, 0.25) is 0 Å². The number of amides is 1. The fourth-order valence-electron chi connectivity index (χ4n) is 5.04. The van der Waals surface area contributed by atoms with Crippen LogP contribution in [0.2, 0.25) is 0 Å². The molecule has 1 aliphatic heterocycles. The number of ether oxygens (including phenoxy) is 1. The average molecular weight is 410 g/mol. The van der Waals surface area contributed by atoms with E-state index in [1.54, 1.807) is 0 Å². The molecule has 0 spiro atoms. The Morgan fingerprint density at radius 1 is 1.07 bits per heavy atom. The lowest BCUT2D eigenvalue weighted by atomic mass is 9.95. The van der Waals surface area contributed by atoms with E-state index >= 15 is 0 Å². The van der Waals surface area contributed by atoms with Crippen molar-refractivity contribution in [1.29, 1.82) is 0 Å². The summed E-state index contributed by atoms with van der Waals surface area (Å²) in [6.07, 6.45) is 6.39. The minimum Gasteiger partial charge on any atom is -0.379 e. The summed E-state index contributed by atoms with van der Waals surface area (Å²) in [5.41, 5.74) is 5.58. The molecule has 0 atom stereocenters. The number of hydrogen-bond donors (Lipinski definition) is 1. The smallest absolute Gasteiger partial charge is 0.253 e. The van der Waals surface area contributed by atoms with Gasteiger partial charge in [0.05, 0.1) is 18.8 Å². The number of carbonyl (C=O) groups excluding carboxylic acids is 1. The van der Waals surface area contributed by atoms with Crippen molar-refractivity contribution >= 4 is 5.91 Å². The average Bonchev–Trinajstić information content (AvgIpc) is 3.07. The van der Waals surface area contributed by atoms with Crippen LogP contribution in [0.3, 0.4) is 0 Å². The van der Waals surface area contributed by atoms with Crippen LogP contribution in [-0.2, 0) is 17.8 Å². The molecule has 2 aromatic rings. The molecule has 5 nitrogen and oxygen atoms in total. The van der Waals surface area contributed by atoms with Gasteiger partial charge in [-0.3, -0.25) is 9.69 Å². The quantitative estimate of drug-likeness (QED) is 0.771. The summed E-state index contributed by atoms with van der Waals surface area (Å²) in [5, 5.41) is 3.14. The Morgan fingerprint density at radius 3 is 2.57 bits per heavy atom. The van der Waals surface area contributed by atoms with Crippen molar-refractivity contribution in [3.8, 4) is 0 Å². The molecule has 2 heterocycles. The highest BCUT2D eigenvalue weighted by atomic mass is 16.5. The van der Waals surface area contributed by atoms with Gasteiger partial charge < -0.3 is 14.6 Å². The number of aromatic nitrogens is 1. The van der Waals surface area contributed by atoms with Crippen LogP contribution in [0.1, 0.15) is 71.0 Å². The molecule has 1 amide bonds. The van der Waals surface area contributed by atoms with E-state index in [-0.39, 0.29) is 5.91 Å². The van der Waals surface area contributed by atoms with Gasteiger partial charge in [0.1, 0.15) is 0 Å². The van der Waals surface area contributed by atoms with E-state index in [4.69, 9.17) is 4.74 Å². The Balaban J connectivity index is 1.38. The second-order valence-corrected chi connectivity index (χ2v) is 8.84. The van der Waals surface area contributed by atoms with Crippen LogP contribution in [-0.4, -0.2) is 41.7 Å². The van der Waals surface area contributed by atoms with Crippen molar-refractivity contribution in [1.82, 2.24) is 14.8 Å². The van der Waals surface area contributed by atoms with Gasteiger partial charge in [-0.25, -0.2) is 0 Å². The number of nitrogens with zero attached hydrogens (tertiary/aromatic N) is 2. The molecule has 1 N–H and O–H groups in total. The van der Waals surface area contributed by atoms with Crippen molar-refractivity contribution in [2.75, 3.05) is 26.3 Å². The van der Waals surface area contributed by atoms with E-state index in [0.29, 0.717) is 12.6 Å². The fourth-order valence-corrected chi connectivity index (χ4v) is 5.04. The van der Waals surface area contributed by atoms with Crippen LogP contribution in [0.15, 0.2) is 30.3 Å². The van der Waals surface area contributed by atoms with Crippen molar-refractivity contribution in [2.24, 2.45) is 0 Å². The lowest BCUT2D eigenvalue weighted by Crippen LogP contribution is -2.35. The first-order valence-corrected chi connectivity index (χ1v) is 11.5. The molecule has 2 fully saturated rings. The van der Waals surface area contributed by atoms with Crippen LogP contribution in [0, 0.1) is 13.8 Å². The van der Waals surface area contributed by atoms with Crippen molar-refractivity contribution in [3.05, 3.63) is 58.4 Å². The number of rotatable bonds is 6. The second-order valence-electron chi connectivity index (χ2n) is 8.84. The maximum Gasteiger partial charge on any atom is 0.253 e. The SMILES string of the molecule is Cc1cc(C(=O)NCc2cccc(CN3CCOCC3)c2)c(C)n1C1CCCCC1. The Morgan fingerprint density at radius 2 is 1.80 bits per heavy atom. The molecular formula is C25H35N3O2. The first-order valence-electron chi connectivity index (χ1n) is 11.5. The van der Waals surface area contributed by atoms with Gasteiger partial charge in [0, 0.05) is 43.6 Å². The third-order valence-corrected chi connectivity index (χ3v) is 6.62. The van der Waals surface area contributed by atoms with Crippen LogP contribution in [0.4, 0.5) is 0 Å². The highest BCUT2D eigenvalue weighted by Gasteiger charge is 2.22. The second kappa shape index (κ2) is 9.80. The highest BCUT2D eigenvalue weighted by molar-refractivity contribution is 5.95. The molecule has 2 aliphatic rings. The molecule has 4 rings (SSSR count). The first kappa shape index (κ1) is 21.1. The minimum absolute atomic E-state index is 0.0312. The van der Waals surface area contributed by atoms with Gasteiger partial charge in [0.15, 0.2) is 0 Å². The molecule has 1 saturated heterocycles. The van der Waals surface area contributed by atoms with E-state index in [1.165, 1.54) is 43.4 Å². The summed E-state index contributed by atoms with van der Waals surface area (Å²) in [6.45, 7) is 9.32. The number of carbonyl (C=O) groups is 1. The summed E-state index contributed by atoms with van der Waals surface area (Å²) in [5.74, 6) is 0.0312. The van der Waals surface area contributed by atoms with Crippen LogP contribution in [0.25, 0.3) is 0 Å². The Kier molecular flexibility index (Phi) is 6.90. The summed E-state index contributed by atoms with van der Waals surface area (Å²) in [6, 6.07) is 11.2. The predicted octanol–water partition coefficient (Wildman–Crippen LogP) is 4.37. The molecule has 0 bridgehead atoms. The van der Waals surface area contributed by atoms with Gasteiger partial charge in [-0.05, 0) is 43.9 Å². The lowest BCUT2D eigenvalue weighted by molar-refractivity contribution is 0.0342. The molecule has 1 aromatic carbocycles. The van der Waals surface area contributed by atoms with Gasteiger partial charge in [-0.1, -0.05) is 43.5 Å². The van der Waals surface area contributed by atoms with E-state index in [0.717, 1.165) is 49.7 Å². The Labute approximate surface area is 180 Å². The molecular weight excluding hydrogens is 374 g/mol. The topological polar surface area (TPSA) is 46.5 Å². The highest BCUT2D eigenvalue weighted by Crippen LogP contribution is 2.32. The van der Waals surface area contributed by atoms with Crippen LogP contribution < -0.4 is 5.32 Å². The molecule has 1 aromatic heterocycles. The molecule has 162 valence electrons. The number of benzene rings is 1. The van der Waals surface area contributed by atoms with Crippen LogP contribution in [0.5, 0.6) is 0 Å². The first-order chi connectivity index (χ1) is 14.6. The largest absolute Gasteiger partial charge is 0.379 e. The van der Waals surface area contributed by atoms with Crippen molar-refractivity contribution in [2.45, 2.75) is 65.1 Å². The summed E-state index contributed by atoms with van der Waals surface area (Å²) in [4.78, 5) is 15.4. The van der Waals surface area contributed by atoms with Gasteiger partial charge in [-0.2, -0.15) is 0 Å². The third-order valence-electron chi connectivity index (χ3n) is 6.62. The normalized spacial score (nSPS) is 18.5. The van der Waals surface area contributed by atoms with Crippen LogP contribution >= 0.6 is 0 Å². The molecule has 1 saturated carbocycles. The Hall–Kier alpha value is -2.11. The molecule has 30 heavy (non-hydrogen) atoms. The minimum atomic E-state index is 0.0312.